The van der Waals surface area contributed by atoms with Crippen LogP contribution >= 0.6 is 11.6 Å². The van der Waals surface area contributed by atoms with Crippen molar-refractivity contribution in [3.05, 3.63) is 41.4 Å². The Kier molecular flexibility index (Phi) is 6.68. The molecule has 0 aliphatic rings. The van der Waals surface area contributed by atoms with Crippen LogP contribution in [0, 0.1) is 0 Å². The van der Waals surface area contributed by atoms with E-state index in [0.717, 1.165) is 0 Å². The first kappa shape index (κ1) is 19.4. The van der Waals surface area contributed by atoms with Crippen molar-refractivity contribution < 1.29 is 23.8 Å². The summed E-state index contributed by atoms with van der Waals surface area (Å²) in [5, 5.41) is 5.67. The van der Waals surface area contributed by atoms with E-state index >= 15 is 0 Å². The van der Waals surface area contributed by atoms with Gasteiger partial charge in [0.2, 0.25) is 11.8 Å². The molecule has 0 unspecified atom stereocenters. The summed E-state index contributed by atoms with van der Waals surface area (Å²) in [6, 6.07) is 9.77. The highest BCUT2D eigenvalue weighted by Crippen LogP contribution is 2.29. The number of ether oxygens (including phenoxy) is 3. The van der Waals surface area contributed by atoms with E-state index in [9.17, 15) is 9.59 Å². The Morgan fingerprint density at radius 3 is 1.92 bits per heavy atom. The van der Waals surface area contributed by atoms with Crippen molar-refractivity contribution in [3.8, 4) is 17.2 Å². The van der Waals surface area contributed by atoms with Crippen molar-refractivity contribution in [3.63, 3.8) is 0 Å². The number of amides is 2. The zero-order chi connectivity index (χ0) is 19.1. The van der Waals surface area contributed by atoms with E-state index in [4.69, 9.17) is 25.8 Å². The van der Waals surface area contributed by atoms with Gasteiger partial charge in [-0.1, -0.05) is 11.6 Å². The Balaban J connectivity index is 2.04. The normalized spacial score (nSPS) is 10.0. The summed E-state index contributed by atoms with van der Waals surface area (Å²) in [4.78, 5) is 24.3. The number of methoxy groups -OCH3 is 3. The van der Waals surface area contributed by atoms with Gasteiger partial charge in [-0.3, -0.25) is 9.59 Å². The van der Waals surface area contributed by atoms with Gasteiger partial charge in [-0.2, -0.15) is 0 Å². The zero-order valence-corrected chi connectivity index (χ0v) is 15.3. The largest absolute Gasteiger partial charge is 0.497 e. The third-order valence-electron chi connectivity index (χ3n) is 3.44. The molecule has 2 N–H and O–H groups in total. The lowest BCUT2D eigenvalue weighted by molar-refractivity contribution is -0.123. The van der Waals surface area contributed by atoms with E-state index in [-0.39, 0.29) is 0 Å². The fraction of sp³-hybridized carbons (Fsp3) is 0.222. The van der Waals surface area contributed by atoms with Crippen LogP contribution in [0.15, 0.2) is 36.4 Å². The van der Waals surface area contributed by atoms with E-state index in [0.29, 0.717) is 33.6 Å². The van der Waals surface area contributed by atoms with Gasteiger partial charge in [0.05, 0.1) is 32.7 Å². The molecule has 26 heavy (non-hydrogen) atoms. The molecule has 0 saturated heterocycles. The Bertz CT molecular complexity index is 810. The number of rotatable bonds is 7. The Morgan fingerprint density at radius 1 is 0.846 bits per heavy atom. The second kappa shape index (κ2) is 8.96. The molecular weight excluding hydrogens is 360 g/mol. The molecule has 7 nitrogen and oxygen atoms in total. The van der Waals surface area contributed by atoms with Crippen molar-refractivity contribution >= 4 is 34.8 Å². The van der Waals surface area contributed by atoms with Gasteiger partial charge in [-0.05, 0) is 30.3 Å². The second-order valence-corrected chi connectivity index (χ2v) is 5.62. The highest BCUT2D eigenvalue weighted by molar-refractivity contribution is 6.31. The third kappa shape index (κ3) is 5.03. The van der Waals surface area contributed by atoms with Gasteiger partial charge in [0.25, 0.3) is 0 Å². The van der Waals surface area contributed by atoms with E-state index in [1.165, 1.54) is 21.3 Å². The van der Waals surface area contributed by atoms with Crippen LogP contribution in [0.2, 0.25) is 5.02 Å². The molecule has 0 heterocycles. The van der Waals surface area contributed by atoms with Gasteiger partial charge in [0.1, 0.15) is 23.7 Å². The number of carbonyl (C=O) groups excluding carboxylic acids is 2. The smallest absolute Gasteiger partial charge is 0.233 e. The molecule has 0 atom stereocenters. The highest BCUT2D eigenvalue weighted by Gasteiger charge is 2.15. The van der Waals surface area contributed by atoms with Gasteiger partial charge in [-0.25, -0.2) is 0 Å². The molecule has 0 aliphatic heterocycles. The monoisotopic (exact) mass is 378 g/mol. The van der Waals surface area contributed by atoms with Gasteiger partial charge in [0.15, 0.2) is 0 Å². The van der Waals surface area contributed by atoms with Gasteiger partial charge < -0.3 is 24.8 Å². The van der Waals surface area contributed by atoms with E-state index in [1.54, 1.807) is 36.4 Å². The van der Waals surface area contributed by atoms with Crippen molar-refractivity contribution in [2.45, 2.75) is 6.42 Å². The van der Waals surface area contributed by atoms with Crippen LogP contribution in [0.4, 0.5) is 11.4 Å². The molecular formula is C18H19ClN2O5. The van der Waals surface area contributed by atoms with Crippen molar-refractivity contribution in [2.24, 2.45) is 0 Å². The molecule has 0 aromatic heterocycles. The van der Waals surface area contributed by atoms with Crippen LogP contribution in [0.25, 0.3) is 0 Å². The van der Waals surface area contributed by atoms with E-state index in [1.807, 2.05) is 0 Å². The number of hydrogen-bond donors (Lipinski definition) is 2. The summed E-state index contributed by atoms with van der Waals surface area (Å²) in [7, 11) is 4.47. The average molecular weight is 379 g/mol. The second-order valence-electron chi connectivity index (χ2n) is 5.18. The predicted octanol–water partition coefficient (Wildman–Crippen LogP) is 3.33. The average Bonchev–Trinajstić information content (AvgIpc) is 2.61. The van der Waals surface area contributed by atoms with Gasteiger partial charge in [0, 0.05) is 11.1 Å². The Labute approximate surface area is 156 Å². The summed E-state index contributed by atoms with van der Waals surface area (Å²) in [6.07, 6.45) is -0.393. The summed E-state index contributed by atoms with van der Waals surface area (Å²) < 4.78 is 15.5. The van der Waals surface area contributed by atoms with Crippen molar-refractivity contribution in [1.82, 2.24) is 0 Å². The quantitative estimate of drug-likeness (QED) is 0.722. The number of anilines is 2. The number of nitrogens with one attached hydrogen (secondary N) is 2. The molecule has 138 valence electrons. The highest BCUT2D eigenvalue weighted by atomic mass is 35.5. The topological polar surface area (TPSA) is 85.9 Å². The molecule has 0 saturated carbocycles. The number of carbonyl (C=O) groups is 2. The standard InChI is InChI=1S/C18H19ClN2O5/c1-24-12-5-7-16(26-3)14(9-12)21-18(23)10-17(22)20-13-8-11(19)4-6-15(13)25-2/h4-9H,10H2,1-3H3,(H,20,22)(H,21,23). The molecule has 2 aromatic rings. The van der Waals surface area contributed by atoms with Crippen LogP contribution in [0.3, 0.4) is 0 Å². The van der Waals surface area contributed by atoms with E-state index in [2.05, 4.69) is 10.6 Å². The Morgan fingerprint density at radius 2 is 1.38 bits per heavy atom. The summed E-state index contributed by atoms with van der Waals surface area (Å²) >= 11 is 5.92. The molecule has 2 aromatic carbocycles. The molecule has 2 rings (SSSR count). The van der Waals surface area contributed by atoms with Crippen LogP contribution in [-0.4, -0.2) is 33.1 Å². The fourth-order valence-corrected chi connectivity index (χ4v) is 2.40. The lowest BCUT2D eigenvalue weighted by Crippen LogP contribution is -2.22. The molecule has 0 bridgehead atoms. The first-order valence-corrected chi connectivity index (χ1v) is 8.00. The van der Waals surface area contributed by atoms with Gasteiger partial charge >= 0.3 is 0 Å². The minimum Gasteiger partial charge on any atom is -0.497 e. The minimum atomic E-state index is -0.509. The van der Waals surface area contributed by atoms with Crippen LogP contribution < -0.4 is 24.8 Å². The van der Waals surface area contributed by atoms with Crippen LogP contribution in [-0.2, 0) is 9.59 Å². The molecule has 0 fully saturated rings. The first-order valence-electron chi connectivity index (χ1n) is 7.62. The summed E-state index contributed by atoms with van der Waals surface area (Å²) in [5.41, 5.74) is 0.793. The minimum absolute atomic E-state index is 0.386. The number of hydrogen-bond acceptors (Lipinski definition) is 5. The first-order chi connectivity index (χ1) is 12.5. The summed E-state index contributed by atoms with van der Waals surface area (Å²) in [6.45, 7) is 0. The number of benzene rings is 2. The molecule has 0 aliphatic carbocycles. The molecule has 2 amide bonds. The molecule has 8 heteroatoms. The lowest BCUT2D eigenvalue weighted by Gasteiger charge is -2.13. The lowest BCUT2D eigenvalue weighted by atomic mass is 10.2. The number of halogens is 1. The predicted molar refractivity (Wildman–Crippen MR) is 99.4 cm³/mol. The van der Waals surface area contributed by atoms with Crippen molar-refractivity contribution in [2.75, 3.05) is 32.0 Å². The van der Waals surface area contributed by atoms with E-state index < -0.39 is 18.2 Å². The van der Waals surface area contributed by atoms with Crippen LogP contribution in [0.5, 0.6) is 17.2 Å². The zero-order valence-electron chi connectivity index (χ0n) is 14.6. The SMILES string of the molecule is COc1ccc(OC)c(NC(=O)CC(=O)Nc2cc(Cl)ccc2OC)c1. The van der Waals surface area contributed by atoms with Gasteiger partial charge in [-0.15, -0.1) is 0 Å². The maximum absolute atomic E-state index is 12.2. The van der Waals surface area contributed by atoms with Crippen molar-refractivity contribution in [1.29, 1.82) is 0 Å². The maximum atomic E-state index is 12.2. The summed E-state index contributed by atoms with van der Waals surface area (Å²) in [5.74, 6) is 0.433. The fourth-order valence-electron chi connectivity index (χ4n) is 2.22. The third-order valence-corrected chi connectivity index (χ3v) is 3.67. The Hall–Kier alpha value is -2.93. The molecule has 0 spiro atoms. The molecule has 0 radical (unpaired) electrons. The maximum Gasteiger partial charge on any atom is 0.233 e. The van der Waals surface area contributed by atoms with Crippen LogP contribution in [0.1, 0.15) is 6.42 Å².